The van der Waals surface area contributed by atoms with Crippen molar-refractivity contribution in [2.75, 3.05) is 5.32 Å². The van der Waals surface area contributed by atoms with Crippen LogP contribution in [0.15, 0.2) is 35.7 Å². The highest BCUT2D eigenvalue weighted by atomic mass is 32.1. The highest BCUT2D eigenvalue weighted by Crippen LogP contribution is 2.20. The minimum atomic E-state index is -0.115. The lowest BCUT2D eigenvalue weighted by atomic mass is 10.2. The van der Waals surface area contributed by atoms with Crippen molar-refractivity contribution in [3.8, 4) is 11.4 Å². The van der Waals surface area contributed by atoms with Gasteiger partial charge in [-0.3, -0.25) is 4.79 Å². The molecule has 106 valence electrons. The number of tetrazole rings is 1. The molecule has 21 heavy (non-hydrogen) atoms. The number of thiophene rings is 1. The summed E-state index contributed by atoms with van der Waals surface area (Å²) < 4.78 is 0. The van der Waals surface area contributed by atoms with Crippen LogP contribution in [0.2, 0.25) is 0 Å². The van der Waals surface area contributed by atoms with Crippen LogP contribution in [0.25, 0.3) is 11.4 Å². The number of aryl methyl sites for hydroxylation is 1. The van der Waals surface area contributed by atoms with Gasteiger partial charge in [-0.2, -0.15) is 5.21 Å². The van der Waals surface area contributed by atoms with Gasteiger partial charge >= 0.3 is 0 Å². The van der Waals surface area contributed by atoms with Crippen LogP contribution in [0, 0.1) is 0 Å². The molecule has 0 bridgehead atoms. The molecule has 0 aliphatic rings. The Hall–Kier alpha value is -2.54. The van der Waals surface area contributed by atoms with Crippen LogP contribution in [-0.4, -0.2) is 26.5 Å². The van der Waals surface area contributed by atoms with Crippen molar-refractivity contribution in [3.05, 3.63) is 46.2 Å². The maximum Gasteiger partial charge on any atom is 0.256 e. The van der Waals surface area contributed by atoms with E-state index in [4.69, 9.17) is 0 Å². The molecule has 0 atom stereocenters. The second-order valence-electron chi connectivity index (χ2n) is 4.43. The number of nitrogens with zero attached hydrogens (tertiary/aromatic N) is 3. The van der Waals surface area contributed by atoms with E-state index in [0.29, 0.717) is 17.1 Å². The summed E-state index contributed by atoms with van der Waals surface area (Å²) in [5, 5.41) is 18.5. The number of rotatable bonds is 4. The molecule has 2 N–H and O–H groups in total. The molecule has 0 spiro atoms. The first-order valence-electron chi connectivity index (χ1n) is 6.49. The Morgan fingerprint density at radius 2 is 2.29 bits per heavy atom. The van der Waals surface area contributed by atoms with Crippen molar-refractivity contribution in [2.45, 2.75) is 13.3 Å². The van der Waals surface area contributed by atoms with Crippen molar-refractivity contribution in [1.82, 2.24) is 20.6 Å². The molecule has 1 amide bonds. The molecule has 3 rings (SSSR count). The number of H-pyrrole nitrogens is 1. The van der Waals surface area contributed by atoms with Crippen molar-refractivity contribution in [2.24, 2.45) is 0 Å². The lowest BCUT2D eigenvalue weighted by molar-refractivity contribution is 0.102. The quantitative estimate of drug-likeness (QED) is 0.776. The van der Waals surface area contributed by atoms with Gasteiger partial charge in [0.25, 0.3) is 5.91 Å². The van der Waals surface area contributed by atoms with Crippen LogP contribution < -0.4 is 5.32 Å². The van der Waals surface area contributed by atoms with Crippen LogP contribution in [0.5, 0.6) is 0 Å². The molecule has 6 nitrogen and oxygen atoms in total. The predicted molar refractivity (Wildman–Crippen MR) is 81.3 cm³/mol. The number of carbonyl (C=O) groups excluding carboxylic acids is 1. The molecule has 2 heterocycles. The summed E-state index contributed by atoms with van der Waals surface area (Å²) >= 11 is 1.60. The SMILES string of the molecule is CCc1cc(C(=O)Nc2cccc(-c3nn[nH]n3)c2)cs1. The maximum atomic E-state index is 12.2. The first-order valence-corrected chi connectivity index (χ1v) is 7.37. The van der Waals surface area contributed by atoms with Crippen LogP contribution >= 0.6 is 11.3 Å². The van der Waals surface area contributed by atoms with Gasteiger partial charge in [-0.15, -0.1) is 21.5 Å². The van der Waals surface area contributed by atoms with E-state index in [1.165, 1.54) is 4.88 Å². The number of hydrogen-bond donors (Lipinski definition) is 2. The summed E-state index contributed by atoms with van der Waals surface area (Å²) in [6, 6.07) is 9.26. The lowest BCUT2D eigenvalue weighted by Gasteiger charge is -2.04. The van der Waals surface area contributed by atoms with Crippen LogP contribution in [0.4, 0.5) is 5.69 Å². The van der Waals surface area contributed by atoms with Crippen molar-refractivity contribution < 1.29 is 4.79 Å². The van der Waals surface area contributed by atoms with Crippen molar-refractivity contribution in [1.29, 1.82) is 0 Å². The van der Waals surface area contributed by atoms with Gasteiger partial charge in [0.1, 0.15) is 0 Å². The van der Waals surface area contributed by atoms with Gasteiger partial charge in [-0.1, -0.05) is 19.1 Å². The Balaban J connectivity index is 1.78. The molecule has 0 saturated carbocycles. The molecule has 7 heteroatoms. The third-order valence-electron chi connectivity index (χ3n) is 2.99. The molecule has 1 aromatic carbocycles. The number of carbonyl (C=O) groups is 1. The van der Waals surface area contributed by atoms with Crippen LogP contribution in [0.3, 0.4) is 0 Å². The highest BCUT2D eigenvalue weighted by Gasteiger charge is 2.10. The number of aromatic amines is 1. The van der Waals surface area contributed by atoms with Gasteiger partial charge in [0.05, 0.1) is 5.56 Å². The largest absolute Gasteiger partial charge is 0.322 e. The average molecular weight is 299 g/mol. The zero-order valence-electron chi connectivity index (χ0n) is 11.3. The highest BCUT2D eigenvalue weighted by molar-refractivity contribution is 7.10. The fourth-order valence-corrected chi connectivity index (χ4v) is 2.72. The lowest BCUT2D eigenvalue weighted by Crippen LogP contribution is -2.10. The summed E-state index contributed by atoms with van der Waals surface area (Å²) in [5.74, 6) is 0.381. The van der Waals surface area contributed by atoms with E-state index >= 15 is 0 Å². The average Bonchev–Trinajstić information content (AvgIpc) is 3.19. The van der Waals surface area contributed by atoms with Crippen LogP contribution in [0.1, 0.15) is 22.2 Å². The van der Waals surface area contributed by atoms with Crippen molar-refractivity contribution >= 4 is 22.9 Å². The topological polar surface area (TPSA) is 83.6 Å². The maximum absolute atomic E-state index is 12.2. The summed E-state index contributed by atoms with van der Waals surface area (Å²) in [6.07, 6.45) is 0.936. The number of hydrogen-bond acceptors (Lipinski definition) is 5. The summed E-state index contributed by atoms with van der Waals surface area (Å²) in [4.78, 5) is 13.4. The van der Waals surface area contributed by atoms with Crippen LogP contribution in [-0.2, 0) is 6.42 Å². The normalized spacial score (nSPS) is 10.5. The Morgan fingerprint density at radius 1 is 1.38 bits per heavy atom. The van der Waals surface area contributed by atoms with Gasteiger partial charge in [0.2, 0.25) is 5.82 Å². The van der Waals surface area contributed by atoms with Gasteiger partial charge in [0.15, 0.2) is 0 Å². The molecule has 0 fully saturated rings. The van der Waals surface area contributed by atoms with E-state index in [1.54, 1.807) is 11.3 Å². The van der Waals surface area contributed by atoms with E-state index in [1.807, 2.05) is 35.7 Å². The fourth-order valence-electron chi connectivity index (χ4n) is 1.91. The third-order valence-corrected chi connectivity index (χ3v) is 4.07. The summed E-state index contributed by atoms with van der Waals surface area (Å²) in [7, 11) is 0. The molecule has 0 aliphatic carbocycles. The number of nitrogens with one attached hydrogen (secondary N) is 2. The second kappa shape index (κ2) is 5.84. The fraction of sp³-hybridized carbons (Fsp3) is 0.143. The smallest absolute Gasteiger partial charge is 0.256 e. The Kier molecular flexibility index (Phi) is 3.74. The van der Waals surface area contributed by atoms with E-state index < -0.39 is 0 Å². The van der Waals surface area contributed by atoms with E-state index in [9.17, 15) is 4.79 Å². The first kappa shape index (κ1) is 13.4. The molecule has 0 aliphatic heterocycles. The molecule has 0 unspecified atom stereocenters. The predicted octanol–water partition coefficient (Wildman–Crippen LogP) is 2.74. The summed E-state index contributed by atoms with van der Waals surface area (Å²) in [5.41, 5.74) is 2.18. The number of anilines is 1. The molecular weight excluding hydrogens is 286 g/mol. The molecule has 0 radical (unpaired) electrons. The molecule has 3 aromatic rings. The monoisotopic (exact) mass is 299 g/mol. The van der Waals surface area contributed by atoms with E-state index in [2.05, 4.69) is 32.9 Å². The molecule has 2 aromatic heterocycles. The van der Waals surface area contributed by atoms with Gasteiger partial charge < -0.3 is 5.32 Å². The minimum absolute atomic E-state index is 0.115. The van der Waals surface area contributed by atoms with Gasteiger partial charge in [-0.25, -0.2) is 0 Å². The molecule has 0 saturated heterocycles. The minimum Gasteiger partial charge on any atom is -0.322 e. The standard InChI is InChI=1S/C14H13N5OS/c1-2-12-7-10(8-21-12)14(20)15-11-5-3-4-9(6-11)13-16-18-19-17-13/h3-8H,2H2,1H3,(H,15,20)(H,16,17,18,19). The Bertz CT molecular complexity index is 750. The Morgan fingerprint density at radius 3 is 3.00 bits per heavy atom. The van der Waals surface area contributed by atoms with E-state index in [0.717, 1.165) is 12.0 Å². The zero-order valence-corrected chi connectivity index (χ0v) is 12.1. The number of amides is 1. The third kappa shape index (κ3) is 2.97. The van der Waals surface area contributed by atoms with Crippen molar-refractivity contribution in [3.63, 3.8) is 0 Å². The van der Waals surface area contributed by atoms with E-state index in [-0.39, 0.29) is 5.91 Å². The van der Waals surface area contributed by atoms with Gasteiger partial charge in [0, 0.05) is 21.5 Å². The van der Waals surface area contributed by atoms with Gasteiger partial charge in [-0.05, 0) is 29.8 Å². The second-order valence-corrected chi connectivity index (χ2v) is 5.42. The first-order chi connectivity index (χ1) is 10.3. The Labute approximate surface area is 125 Å². The molecular formula is C14H13N5OS. The zero-order chi connectivity index (χ0) is 14.7. The number of aromatic nitrogens is 4. The number of benzene rings is 1. The summed E-state index contributed by atoms with van der Waals surface area (Å²) in [6.45, 7) is 2.07.